The van der Waals surface area contributed by atoms with Crippen LogP contribution in [0.3, 0.4) is 0 Å². The predicted octanol–water partition coefficient (Wildman–Crippen LogP) is 3.43. The minimum absolute atomic E-state index is 0.214. The zero-order chi connectivity index (χ0) is 18.1. The van der Waals surface area contributed by atoms with Gasteiger partial charge < -0.3 is 15.4 Å². The van der Waals surface area contributed by atoms with Gasteiger partial charge in [-0.1, -0.05) is 23.7 Å². The molecule has 25 heavy (non-hydrogen) atoms. The van der Waals surface area contributed by atoms with E-state index in [4.69, 9.17) is 16.3 Å². The third-order valence-corrected chi connectivity index (χ3v) is 3.67. The van der Waals surface area contributed by atoms with E-state index in [9.17, 15) is 9.59 Å². The molecule has 0 spiro atoms. The third-order valence-electron chi connectivity index (χ3n) is 3.42. The lowest BCUT2D eigenvalue weighted by Crippen LogP contribution is -2.29. The number of carbonyl (C=O) groups excluding carboxylic acids is 2. The molecule has 2 amide bonds. The molecule has 0 atom stereocenters. The van der Waals surface area contributed by atoms with Gasteiger partial charge in [-0.2, -0.15) is 0 Å². The third kappa shape index (κ3) is 6.85. The van der Waals surface area contributed by atoms with Crippen LogP contribution in [0.5, 0.6) is 5.75 Å². The number of hydrogen-bond acceptors (Lipinski definition) is 3. The number of benzene rings is 2. The Labute approximate surface area is 152 Å². The summed E-state index contributed by atoms with van der Waals surface area (Å²) in [6.07, 6.45) is 0.469. The average molecular weight is 361 g/mol. The van der Waals surface area contributed by atoms with Crippen LogP contribution >= 0.6 is 11.6 Å². The van der Waals surface area contributed by atoms with Gasteiger partial charge >= 0.3 is 0 Å². The maximum Gasteiger partial charge on any atom is 0.233 e. The summed E-state index contributed by atoms with van der Waals surface area (Å²) in [5.74, 6) is 0.0750. The molecule has 0 bridgehead atoms. The van der Waals surface area contributed by atoms with Crippen molar-refractivity contribution in [3.63, 3.8) is 0 Å². The zero-order valence-corrected chi connectivity index (χ0v) is 14.8. The summed E-state index contributed by atoms with van der Waals surface area (Å²) in [5, 5.41) is 6.10. The smallest absolute Gasteiger partial charge is 0.233 e. The topological polar surface area (TPSA) is 67.4 Å². The first-order valence-electron chi connectivity index (χ1n) is 8.10. The van der Waals surface area contributed by atoms with Gasteiger partial charge in [0.1, 0.15) is 12.2 Å². The average Bonchev–Trinajstić information content (AvgIpc) is 2.58. The lowest BCUT2D eigenvalue weighted by Gasteiger charge is -2.08. The molecule has 5 nitrogen and oxygen atoms in total. The van der Waals surface area contributed by atoms with Gasteiger partial charge in [-0.25, -0.2) is 0 Å². The van der Waals surface area contributed by atoms with E-state index >= 15 is 0 Å². The van der Waals surface area contributed by atoms with Gasteiger partial charge in [0, 0.05) is 17.3 Å². The van der Waals surface area contributed by atoms with Crippen LogP contribution in [0.2, 0.25) is 5.02 Å². The van der Waals surface area contributed by atoms with Crippen molar-refractivity contribution >= 4 is 29.1 Å². The van der Waals surface area contributed by atoms with Crippen LogP contribution < -0.4 is 15.4 Å². The first kappa shape index (κ1) is 18.8. The number of amides is 2. The van der Waals surface area contributed by atoms with Gasteiger partial charge in [-0.05, 0) is 55.3 Å². The Kier molecular flexibility index (Phi) is 7.29. The normalized spacial score (nSPS) is 10.2. The van der Waals surface area contributed by atoms with Crippen molar-refractivity contribution in [2.75, 3.05) is 18.5 Å². The van der Waals surface area contributed by atoms with Crippen LogP contribution in [0.1, 0.15) is 18.9 Å². The molecule has 2 N–H and O–H groups in total. The highest BCUT2D eigenvalue weighted by molar-refractivity contribution is 6.30. The molecule has 2 aromatic rings. The monoisotopic (exact) mass is 360 g/mol. The van der Waals surface area contributed by atoms with Gasteiger partial charge in [-0.3, -0.25) is 9.59 Å². The van der Waals surface area contributed by atoms with Crippen LogP contribution in [0, 0.1) is 0 Å². The van der Waals surface area contributed by atoms with Crippen LogP contribution in [-0.2, 0) is 16.0 Å². The van der Waals surface area contributed by atoms with Crippen molar-refractivity contribution in [1.29, 1.82) is 0 Å². The number of halogens is 1. The zero-order valence-electron chi connectivity index (χ0n) is 14.0. The molecule has 0 aromatic heterocycles. The van der Waals surface area contributed by atoms with E-state index in [2.05, 4.69) is 10.6 Å². The Morgan fingerprint density at radius 3 is 2.32 bits per heavy atom. The minimum atomic E-state index is -0.354. The molecule has 0 fully saturated rings. The van der Waals surface area contributed by atoms with Crippen molar-refractivity contribution in [2.24, 2.45) is 0 Å². The molecule has 0 aliphatic heterocycles. The van der Waals surface area contributed by atoms with Gasteiger partial charge in [0.15, 0.2) is 0 Å². The summed E-state index contributed by atoms with van der Waals surface area (Å²) in [6.45, 7) is 2.96. The maximum absolute atomic E-state index is 11.9. The van der Waals surface area contributed by atoms with Gasteiger partial charge in [0.05, 0.1) is 6.61 Å². The largest absolute Gasteiger partial charge is 0.494 e. The molecule has 0 saturated heterocycles. The number of carbonyl (C=O) groups is 2. The molecule has 0 radical (unpaired) electrons. The molecule has 6 heteroatoms. The molecule has 2 aromatic carbocycles. The van der Waals surface area contributed by atoms with Gasteiger partial charge in [0.2, 0.25) is 11.8 Å². The van der Waals surface area contributed by atoms with E-state index in [1.807, 2.05) is 31.2 Å². The summed E-state index contributed by atoms with van der Waals surface area (Å²) in [7, 11) is 0. The lowest BCUT2D eigenvalue weighted by atomic mass is 10.1. The standard InChI is InChI=1S/C19H21ClN2O3/c1-2-25-17-9-7-16(8-10-17)22-19(24)13-18(23)21-12-11-14-3-5-15(20)6-4-14/h3-10H,2,11-13H2,1H3,(H,21,23)(H,22,24). The first-order valence-corrected chi connectivity index (χ1v) is 8.48. The van der Waals surface area contributed by atoms with Crippen molar-refractivity contribution in [3.8, 4) is 5.75 Å². The maximum atomic E-state index is 11.9. The van der Waals surface area contributed by atoms with Crippen molar-refractivity contribution < 1.29 is 14.3 Å². The second-order valence-corrected chi connectivity index (χ2v) is 5.85. The Balaban J connectivity index is 1.70. The summed E-state index contributed by atoms with van der Waals surface area (Å²) >= 11 is 5.82. The van der Waals surface area contributed by atoms with E-state index in [0.717, 1.165) is 11.3 Å². The molecule has 0 aliphatic carbocycles. The molecule has 0 heterocycles. The first-order chi connectivity index (χ1) is 12.1. The van der Waals surface area contributed by atoms with Gasteiger partial charge in [0.25, 0.3) is 0 Å². The molecule has 0 saturated carbocycles. The SMILES string of the molecule is CCOc1ccc(NC(=O)CC(=O)NCCc2ccc(Cl)cc2)cc1. The highest BCUT2D eigenvalue weighted by Crippen LogP contribution is 2.15. The fourth-order valence-corrected chi connectivity index (χ4v) is 2.34. The fraction of sp³-hybridized carbons (Fsp3) is 0.263. The van der Waals surface area contributed by atoms with E-state index in [1.165, 1.54) is 0 Å². The highest BCUT2D eigenvalue weighted by atomic mass is 35.5. The minimum Gasteiger partial charge on any atom is -0.494 e. The summed E-state index contributed by atoms with van der Waals surface area (Å²) in [6, 6.07) is 14.4. The van der Waals surface area contributed by atoms with E-state index < -0.39 is 0 Å². The molecule has 0 unspecified atom stereocenters. The second-order valence-electron chi connectivity index (χ2n) is 5.41. The van der Waals surface area contributed by atoms with E-state index in [1.54, 1.807) is 24.3 Å². The number of hydrogen-bond donors (Lipinski definition) is 2. The van der Waals surface area contributed by atoms with Gasteiger partial charge in [-0.15, -0.1) is 0 Å². The summed E-state index contributed by atoms with van der Waals surface area (Å²) < 4.78 is 5.33. The quantitative estimate of drug-likeness (QED) is 0.709. The Morgan fingerprint density at radius 2 is 1.68 bits per heavy atom. The molecule has 2 rings (SSSR count). The predicted molar refractivity (Wildman–Crippen MR) is 99.0 cm³/mol. The Bertz CT molecular complexity index is 700. The number of rotatable bonds is 8. The number of nitrogens with one attached hydrogen (secondary N) is 2. The Hall–Kier alpha value is -2.53. The summed E-state index contributed by atoms with van der Waals surface area (Å²) in [4.78, 5) is 23.7. The van der Waals surface area contributed by atoms with Crippen molar-refractivity contribution in [1.82, 2.24) is 5.32 Å². The van der Waals surface area contributed by atoms with E-state index in [-0.39, 0.29) is 18.2 Å². The summed E-state index contributed by atoms with van der Waals surface area (Å²) in [5.41, 5.74) is 1.70. The molecular weight excluding hydrogens is 340 g/mol. The molecule has 132 valence electrons. The van der Waals surface area contributed by atoms with Crippen LogP contribution in [0.25, 0.3) is 0 Å². The lowest BCUT2D eigenvalue weighted by molar-refractivity contribution is -0.126. The van der Waals surface area contributed by atoms with E-state index in [0.29, 0.717) is 30.3 Å². The van der Waals surface area contributed by atoms with Crippen LogP contribution in [0.15, 0.2) is 48.5 Å². The molecular formula is C19H21ClN2O3. The molecule has 0 aliphatic rings. The number of ether oxygens (including phenoxy) is 1. The second kappa shape index (κ2) is 9.69. The van der Waals surface area contributed by atoms with Crippen LogP contribution in [-0.4, -0.2) is 25.0 Å². The van der Waals surface area contributed by atoms with Crippen molar-refractivity contribution in [2.45, 2.75) is 19.8 Å². The Morgan fingerprint density at radius 1 is 1.00 bits per heavy atom. The number of anilines is 1. The highest BCUT2D eigenvalue weighted by Gasteiger charge is 2.09. The van der Waals surface area contributed by atoms with Crippen molar-refractivity contribution in [3.05, 3.63) is 59.1 Å². The fourth-order valence-electron chi connectivity index (χ4n) is 2.21. The van der Waals surface area contributed by atoms with Crippen LogP contribution in [0.4, 0.5) is 5.69 Å².